The molecule has 1 heteroatoms. The van der Waals surface area contributed by atoms with E-state index in [2.05, 4.69) is 68.0 Å². The lowest BCUT2D eigenvalue weighted by Gasteiger charge is -2.28. The normalized spacial score (nSPS) is 19.0. The quantitative estimate of drug-likeness (QED) is 0.512. The van der Waals surface area contributed by atoms with Crippen molar-refractivity contribution in [3.05, 3.63) is 78.4 Å². The van der Waals surface area contributed by atoms with Gasteiger partial charge in [0.15, 0.2) is 0 Å². The van der Waals surface area contributed by atoms with Gasteiger partial charge < -0.3 is 0 Å². The molecule has 0 heterocycles. The monoisotopic (exact) mass is 293 g/mol. The zero-order chi connectivity index (χ0) is 15.8. The number of rotatable bonds is 6. The zero-order valence-corrected chi connectivity index (χ0v) is 13.8. The van der Waals surface area contributed by atoms with E-state index in [1.165, 1.54) is 30.4 Å². The van der Waals surface area contributed by atoms with Crippen molar-refractivity contribution in [3.63, 3.8) is 0 Å². The van der Waals surface area contributed by atoms with Crippen LogP contribution in [0.1, 0.15) is 31.7 Å². The average molecular weight is 293 g/mol. The Labute approximate surface area is 135 Å². The van der Waals surface area contributed by atoms with Gasteiger partial charge in [-0.3, -0.25) is 4.90 Å². The third kappa shape index (κ3) is 4.85. The second-order valence-corrected chi connectivity index (χ2v) is 5.93. The molecule has 0 saturated heterocycles. The predicted molar refractivity (Wildman–Crippen MR) is 97.8 cm³/mol. The first-order chi connectivity index (χ1) is 10.7. The molecule has 116 valence electrons. The van der Waals surface area contributed by atoms with E-state index in [1.54, 1.807) is 0 Å². The van der Waals surface area contributed by atoms with Crippen LogP contribution >= 0.6 is 0 Å². The third-order valence-electron chi connectivity index (χ3n) is 4.24. The van der Waals surface area contributed by atoms with Gasteiger partial charge in [-0.25, -0.2) is 0 Å². The first-order valence-electron chi connectivity index (χ1n) is 8.15. The first-order valence-corrected chi connectivity index (χ1v) is 8.15. The van der Waals surface area contributed by atoms with Gasteiger partial charge >= 0.3 is 0 Å². The molecule has 0 radical (unpaired) electrons. The Kier molecular flexibility index (Phi) is 6.42. The van der Waals surface area contributed by atoms with E-state index in [0.29, 0.717) is 6.04 Å². The van der Waals surface area contributed by atoms with Crippen molar-refractivity contribution >= 4 is 5.57 Å². The van der Waals surface area contributed by atoms with Crippen molar-refractivity contribution in [2.75, 3.05) is 13.6 Å². The van der Waals surface area contributed by atoms with Crippen LogP contribution < -0.4 is 0 Å². The molecule has 0 N–H and O–H groups in total. The Bertz CT molecular complexity index is 563. The molecule has 1 nitrogen and oxygen atoms in total. The lowest BCUT2D eigenvalue weighted by molar-refractivity contribution is 0.284. The molecule has 0 fully saturated rings. The van der Waals surface area contributed by atoms with Crippen molar-refractivity contribution in [1.82, 2.24) is 4.90 Å². The minimum atomic E-state index is 0.578. The largest absolute Gasteiger partial charge is 0.296 e. The van der Waals surface area contributed by atoms with Crippen LogP contribution in [0.15, 0.2) is 72.9 Å². The molecule has 22 heavy (non-hydrogen) atoms. The van der Waals surface area contributed by atoms with E-state index in [9.17, 15) is 0 Å². The van der Waals surface area contributed by atoms with Gasteiger partial charge in [0.25, 0.3) is 0 Å². The van der Waals surface area contributed by atoms with Crippen LogP contribution in [0.5, 0.6) is 0 Å². The third-order valence-corrected chi connectivity index (χ3v) is 4.24. The molecule has 1 aromatic rings. The summed E-state index contributed by atoms with van der Waals surface area (Å²) in [6.45, 7) is 7.24. The van der Waals surface area contributed by atoms with Crippen molar-refractivity contribution in [2.45, 2.75) is 32.2 Å². The van der Waals surface area contributed by atoms with Gasteiger partial charge in [-0.05, 0) is 49.9 Å². The fraction of sp³-hybridized carbons (Fsp3) is 0.333. The van der Waals surface area contributed by atoms with Crippen molar-refractivity contribution in [2.24, 2.45) is 0 Å². The Morgan fingerprint density at radius 3 is 2.68 bits per heavy atom. The van der Waals surface area contributed by atoms with Crippen LogP contribution in [0.3, 0.4) is 0 Å². The zero-order valence-electron chi connectivity index (χ0n) is 13.8. The Hall–Kier alpha value is -1.86. The van der Waals surface area contributed by atoms with Crippen LogP contribution in [0, 0.1) is 0 Å². The molecule has 1 unspecified atom stereocenters. The molecule has 2 rings (SSSR count). The first kappa shape index (κ1) is 16.5. The summed E-state index contributed by atoms with van der Waals surface area (Å²) in [5, 5.41) is 0. The number of benzene rings is 1. The van der Waals surface area contributed by atoms with E-state index < -0.39 is 0 Å². The standard InChI is InChI=1S/C21H27N/c1-4-19(17-22(3)21-13-9-6-10-14-21)16-15-18(2)20-11-7-5-8-12-20/h4-5,7-9,11-13,15-16,21H,2,6,10,14,17H2,1,3H3/b16-15-,19-4+. The molecule has 1 aliphatic carbocycles. The lowest BCUT2D eigenvalue weighted by atomic mass is 10.0. The van der Waals surface area contributed by atoms with Crippen LogP contribution in [-0.4, -0.2) is 24.5 Å². The highest BCUT2D eigenvalue weighted by molar-refractivity contribution is 5.72. The fourth-order valence-corrected chi connectivity index (χ4v) is 2.76. The maximum atomic E-state index is 4.16. The molecule has 1 aromatic carbocycles. The van der Waals surface area contributed by atoms with E-state index >= 15 is 0 Å². The van der Waals surface area contributed by atoms with Gasteiger partial charge in [-0.2, -0.15) is 0 Å². The number of likely N-dealkylation sites (N-methyl/N-ethyl adjacent to an activating group) is 1. The highest BCUT2D eigenvalue weighted by Crippen LogP contribution is 2.18. The fourth-order valence-electron chi connectivity index (χ4n) is 2.76. The average Bonchev–Trinajstić information content (AvgIpc) is 2.59. The maximum absolute atomic E-state index is 4.16. The summed E-state index contributed by atoms with van der Waals surface area (Å²) >= 11 is 0. The highest BCUT2D eigenvalue weighted by Gasteiger charge is 2.13. The van der Waals surface area contributed by atoms with Gasteiger partial charge in [0, 0.05) is 12.6 Å². The van der Waals surface area contributed by atoms with E-state index in [-0.39, 0.29) is 0 Å². The van der Waals surface area contributed by atoms with Crippen LogP contribution in [-0.2, 0) is 0 Å². The van der Waals surface area contributed by atoms with Gasteiger partial charge in [0.05, 0.1) is 0 Å². The summed E-state index contributed by atoms with van der Waals surface area (Å²) in [6, 6.07) is 10.9. The second-order valence-electron chi connectivity index (χ2n) is 5.93. The van der Waals surface area contributed by atoms with Crippen molar-refractivity contribution < 1.29 is 0 Å². The Balaban J connectivity index is 1.94. The maximum Gasteiger partial charge on any atom is 0.0278 e. The SMILES string of the molecule is C=C(/C=C\C(=C/C)CN(C)C1C=CCCC1)c1ccccc1. The van der Waals surface area contributed by atoms with E-state index in [1.807, 2.05) is 18.2 Å². The smallest absolute Gasteiger partial charge is 0.0278 e. The number of allylic oxidation sites excluding steroid dienone is 4. The minimum absolute atomic E-state index is 0.578. The van der Waals surface area contributed by atoms with Crippen LogP contribution in [0.2, 0.25) is 0 Å². The van der Waals surface area contributed by atoms with Gasteiger partial charge in [0.2, 0.25) is 0 Å². The lowest BCUT2D eigenvalue weighted by Crippen LogP contribution is -2.32. The van der Waals surface area contributed by atoms with Crippen molar-refractivity contribution in [1.29, 1.82) is 0 Å². The van der Waals surface area contributed by atoms with E-state index in [0.717, 1.165) is 12.1 Å². The van der Waals surface area contributed by atoms with E-state index in [4.69, 9.17) is 0 Å². The number of hydrogen-bond acceptors (Lipinski definition) is 1. The molecule has 0 bridgehead atoms. The summed E-state index contributed by atoms with van der Waals surface area (Å²) in [7, 11) is 2.21. The van der Waals surface area contributed by atoms with Gasteiger partial charge in [-0.1, -0.05) is 67.3 Å². The van der Waals surface area contributed by atoms with Crippen molar-refractivity contribution in [3.8, 4) is 0 Å². The summed E-state index contributed by atoms with van der Waals surface area (Å²) in [5.74, 6) is 0. The molecule has 0 amide bonds. The molecular weight excluding hydrogens is 266 g/mol. The molecule has 0 aliphatic heterocycles. The topological polar surface area (TPSA) is 3.24 Å². The predicted octanol–water partition coefficient (Wildman–Crippen LogP) is 5.24. The molecule has 0 spiro atoms. The van der Waals surface area contributed by atoms with Crippen LogP contribution in [0.25, 0.3) is 5.57 Å². The number of hydrogen-bond donors (Lipinski definition) is 0. The Morgan fingerprint density at radius 1 is 1.27 bits per heavy atom. The molecular formula is C21H27N. The molecule has 1 atom stereocenters. The minimum Gasteiger partial charge on any atom is -0.296 e. The number of nitrogens with zero attached hydrogens (tertiary/aromatic N) is 1. The Morgan fingerprint density at radius 2 is 2.05 bits per heavy atom. The van der Waals surface area contributed by atoms with Gasteiger partial charge in [-0.15, -0.1) is 0 Å². The summed E-state index contributed by atoms with van der Waals surface area (Å²) in [5.41, 5.74) is 3.57. The summed E-state index contributed by atoms with van der Waals surface area (Å²) in [4.78, 5) is 2.43. The van der Waals surface area contributed by atoms with Gasteiger partial charge in [0.1, 0.15) is 0 Å². The summed E-state index contributed by atoms with van der Waals surface area (Å²) in [6.07, 6.45) is 15.0. The van der Waals surface area contributed by atoms with Crippen LogP contribution in [0.4, 0.5) is 0 Å². The second kappa shape index (κ2) is 8.55. The molecule has 0 aromatic heterocycles. The molecule has 1 aliphatic rings. The highest BCUT2D eigenvalue weighted by atomic mass is 15.1. The summed E-state index contributed by atoms with van der Waals surface area (Å²) < 4.78 is 0. The molecule has 0 saturated carbocycles.